The number of aryl methyl sites for hydroxylation is 4. The maximum Gasteiger partial charge on any atom is 0.278 e. The molecule has 0 atom stereocenters. The van der Waals surface area contributed by atoms with Crippen molar-refractivity contribution in [2.45, 2.75) is 26.7 Å². The Balaban J connectivity index is 2.09. The number of nitrogen functional groups attached to an aromatic ring is 1. The Hall–Kier alpha value is -2.30. The van der Waals surface area contributed by atoms with Crippen LogP contribution in [0, 0.1) is 13.8 Å². The summed E-state index contributed by atoms with van der Waals surface area (Å²) in [7, 11) is 1.76. The number of amides is 1. The third kappa shape index (κ3) is 2.09. The summed E-state index contributed by atoms with van der Waals surface area (Å²) in [6.07, 6.45) is 1.99. The van der Waals surface area contributed by atoms with Gasteiger partial charge in [0.15, 0.2) is 0 Å². The van der Waals surface area contributed by atoms with Crippen molar-refractivity contribution in [1.29, 1.82) is 0 Å². The van der Waals surface area contributed by atoms with Gasteiger partial charge in [-0.2, -0.15) is 5.10 Å². The zero-order valence-electron chi connectivity index (χ0n) is 12.7. The van der Waals surface area contributed by atoms with Gasteiger partial charge < -0.3 is 10.6 Å². The Bertz CT molecular complexity index is 717. The summed E-state index contributed by atoms with van der Waals surface area (Å²) >= 11 is 0. The lowest BCUT2D eigenvalue weighted by molar-refractivity contribution is 0.0977. The topological polar surface area (TPSA) is 64.2 Å². The smallest absolute Gasteiger partial charge is 0.278 e. The normalized spacial score (nSPS) is 14.1. The van der Waals surface area contributed by atoms with Gasteiger partial charge in [-0.1, -0.05) is 18.2 Å². The molecule has 2 heterocycles. The molecule has 0 radical (unpaired) electrons. The number of benzene rings is 1. The van der Waals surface area contributed by atoms with Crippen molar-refractivity contribution in [3.63, 3.8) is 0 Å². The predicted molar refractivity (Wildman–Crippen MR) is 83.5 cm³/mol. The minimum Gasteiger partial charge on any atom is -0.395 e. The number of nitrogens with two attached hydrogens (primary N) is 1. The zero-order valence-corrected chi connectivity index (χ0v) is 12.7. The van der Waals surface area contributed by atoms with Crippen LogP contribution in [-0.4, -0.2) is 22.2 Å². The zero-order chi connectivity index (χ0) is 15.1. The average molecular weight is 284 g/mol. The maximum absolute atomic E-state index is 13.0. The fraction of sp³-hybridized carbons (Fsp3) is 0.375. The fourth-order valence-corrected chi connectivity index (χ4v) is 3.11. The van der Waals surface area contributed by atoms with Crippen molar-refractivity contribution >= 4 is 17.3 Å². The minimum atomic E-state index is -0.0640. The number of fused-ring (bicyclic) bond motifs is 1. The molecular formula is C16H20N4O. The number of hydrogen-bond donors (Lipinski definition) is 1. The van der Waals surface area contributed by atoms with Gasteiger partial charge in [0.25, 0.3) is 5.91 Å². The van der Waals surface area contributed by atoms with Gasteiger partial charge in [0, 0.05) is 13.6 Å². The van der Waals surface area contributed by atoms with Crippen LogP contribution in [-0.2, 0) is 13.5 Å². The lowest BCUT2D eigenvalue weighted by Gasteiger charge is -2.31. The van der Waals surface area contributed by atoms with E-state index in [1.54, 1.807) is 11.7 Å². The number of nitrogens with zero attached hydrogens (tertiary/aromatic N) is 3. The number of carbonyl (C=O) groups is 1. The lowest BCUT2D eigenvalue weighted by atomic mass is 9.98. The van der Waals surface area contributed by atoms with Crippen molar-refractivity contribution in [2.75, 3.05) is 17.2 Å². The fourth-order valence-electron chi connectivity index (χ4n) is 3.11. The van der Waals surface area contributed by atoms with Gasteiger partial charge in [-0.25, -0.2) is 0 Å². The molecule has 0 unspecified atom stereocenters. The van der Waals surface area contributed by atoms with Gasteiger partial charge in [-0.05, 0) is 37.8 Å². The molecule has 0 bridgehead atoms. The van der Waals surface area contributed by atoms with Gasteiger partial charge in [0.2, 0.25) is 0 Å². The predicted octanol–water partition coefficient (Wildman–Crippen LogP) is 2.21. The van der Waals surface area contributed by atoms with Gasteiger partial charge in [-0.15, -0.1) is 0 Å². The summed E-state index contributed by atoms with van der Waals surface area (Å²) in [6.45, 7) is 4.59. The monoisotopic (exact) mass is 284 g/mol. The van der Waals surface area contributed by atoms with Gasteiger partial charge in [0.1, 0.15) is 5.69 Å². The quantitative estimate of drug-likeness (QED) is 0.873. The van der Waals surface area contributed by atoms with E-state index in [0.29, 0.717) is 17.1 Å². The largest absolute Gasteiger partial charge is 0.395 e. The summed E-state index contributed by atoms with van der Waals surface area (Å²) in [5, 5.41) is 4.25. The van der Waals surface area contributed by atoms with Crippen LogP contribution in [0.25, 0.3) is 0 Å². The Labute approximate surface area is 124 Å². The first-order chi connectivity index (χ1) is 10.0. The van der Waals surface area contributed by atoms with Crippen molar-refractivity contribution in [2.24, 2.45) is 7.05 Å². The number of hydrogen-bond acceptors (Lipinski definition) is 3. The summed E-state index contributed by atoms with van der Waals surface area (Å²) < 4.78 is 1.58. The first-order valence-corrected chi connectivity index (χ1v) is 7.20. The van der Waals surface area contributed by atoms with E-state index in [1.165, 1.54) is 5.56 Å². The summed E-state index contributed by atoms with van der Waals surface area (Å²) in [5.74, 6) is -0.0640. The first kappa shape index (κ1) is 13.7. The van der Waals surface area contributed by atoms with E-state index in [4.69, 9.17) is 5.73 Å². The second kappa shape index (κ2) is 4.91. The van der Waals surface area contributed by atoms with Crippen molar-refractivity contribution in [3.8, 4) is 0 Å². The van der Waals surface area contributed by atoms with Crippen LogP contribution in [0.3, 0.4) is 0 Å². The standard InChI is InChI=1S/C16H20N4O/c1-10-6-4-7-12-8-5-9-20(14(10)12)16(21)15-13(17)11(2)18-19(15)3/h4,6-7H,5,8-9,17H2,1-3H3. The van der Waals surface area contributed by atoms with Gasteiger partial charge in [-0.3, -0.25) is 9.48 Å². The van der Waals surface area contributed by atoms with Crippen LogP contribution in [0.15, 0.2) is 18.2 Å². The molecule has 0 fully saturated rings. The summed E-state index contributed by atoms with van der Waals surface area (Å²) in [6, 6.07) is 6.19. The highest BCUT2D eigenvalue weighted by Crippen LogP contribution is 2.32. The molecule has 0 saturated heterocycles. The molecule has 1 aliphatic rings. The van der Waals surface area contributed by atoms with Gasteiger partial charge >= 0.3 is 0 Å². The Kier molecular flexibility index (Phi) is 3.20. The molecule has 3 rings (SSSR count). The molecule has 1 aliphatic heterocycles. The molecule has 0 spiro atoms. The summed E-state index contributed by atoms with van der Waals surface area (Å²) in [4.78, 5) is 14.8. The lowest BCUT2D eigenvalue weighted by Crippen LogP contribution is -2.37. The molecular weight excluding hydrogens is 264 g/mol. The van der Waals surface area contributed by atoms with E-state index in [2.05, 4.69) is 11.2 Å². The number of anilines is 2. The van der Waals surface area contributed by atoms with Crippen molar-refractivity contribution in [1.82, 2.24) is 9.78 Å². The molecule has 2 N–H and O–H groups in total. The third-order valence-corrected chi connectivity index (χ3v) is 4.14. The number of para-hydroxylation sites is 1. The molecule has 110 valence electrons. The number of rotatable bonds is 1. The second-order valence-corrected chi connectivity index (χ2v) is 5.61. The van der Waals surface area contributed by atoms with E-state index in [1.807, 2.05) is 30.9 Å². The molecule has 5 nitrogen and oxygen atoms in total. The van der Waals surface area contributed by atoms with E-state index >= 15 is 0 Å². The van der Waals surface area contributed by atoms with Crippen molar-refractivity contribution < 1.29 is 4.79 Å². The Morgan fingerprint density at radius 2 is 2.10 bits per heavy atom. The van der Waals surface area contributed by atoms with E-state index in [-0.39, 0.29) is 5.91 Å². The van der Waals surface area contributed by atoms with Crippen LogP contribution in [0.4, 0.5) is 11.4 Å². The maximum atomic E-state index is 13.0. The highest BCUT2D eigenvalue weighted by Gasteiger charge is 2.29. The number of carbonyl (C=O) groups excluding carboxylic acids is 1. The van der Waals surface area contributed by atoms with Gasteiger partial charge in [0.05, 0.1) is 17.1 Å². The SMILES string of the molecule is Cc1cccc2c1N(C(=O)c1c(N)c(C)nn1C)CCC2. The van der Waals surface area contributed by atoms with E-state index in [0.717, 1.165) is 30.6 Å². The minimum absolute atomic E-state index is 0.0640. The van der Waals surface area contributed by atoms with Crippen LogP contribution in [0.5, 0.6) is 0 Å². The molecule has 21 heavy (non-hydrogen) atoms. The third-order valence-electron chi connectivity index (χ3n) is 4.14. The van der Waals surface area contributed by atoms with Crippen molar-refractivity contribution in [3.05, 3.63) is 40.7 Å². The van der Waals surface area contributed by atoms with Crippen LogP contribution >= 0.6 is 0 Å². The highest BCUT2D eigenvalue weighted by molar-refractivity contribution is 6.09. The Morgan fingerprint density at radius 1 is 1.33 bits per heavy atom. The molecule has 2 aromatic rings. The highest BCUT2D eigenvalue weighted by atomic mass is 16.2. The molecule has 0 aliphatic carbocycles. The molecule has 1 aromatic carbocycles. The van der Waals surface area contributed by atoms with E-state index in [9.17, 15) is 4.79 Å². The molecule has 1 amide bonds. The first-order valence-electron chi connectivity index (χ1n) is 7.20. The van der Waals surface area contributed by atoms with Crippen LogP contribution in [0.1, 0.15) is 33.7 Å². The summed E-state index contributed by atoms with van der Waals surface area (Å²) in [5.41, 5.74) is 11.1. The molecule has 1 aromatic heterocycles. The van der Waals surface area contributed by atoms with Crippen LogP contribution < -0.4 is 10.6 Å². The molecule has 0 saturated carbocycles. The molecule has 5 heteroatoms. The Morgan fingerprint density at radius 3 is 2.76 bits per heavy atom. The number of aromatic nitrogens is 2. The second-order valence-electron chi connectivity index (χ2n) is 5.61. The van der Waals surface area contributed by atoms with E-state index < -0.39 is 0 Å². The van der Waals surface area contributed by atoms with Crippen LogP contribution in [0.2, 0.25) is 0 Å². The average Bonchev–Trinajstić information content (AvgIpc) is 2.71.